The fourth-order valence-electron chi connectivity index (χ4n) is 3.13. The van der Waals surface area contributed by atoms with Crippen LogP contribution in [-0.4, -0.2) is 16.6 Å². The average Bonchev–Trinajstić information content (AvgIpc) is 2.85. The quantitative estimate of drug-likeness (QED) is 0.780. The van der Waals surface area contributed by atoms with E-state index in [-0.39, 0.29) is 17.5 Å². The molecule has 2 fully saturated rings. The highest BCUT2D eigenvalue weighted by molar-refractivity contribution is 7.13. The molecule has 1 aromatic heterocycles. The van der Waals surface area contributed by atoms with Crippen LogP contribution in [0, 0.1) is 0 Å². The van der Waals surface area contributed by atoms with E-state index in [1.165, 1.54) is 17.8 Å². The van der Waals surface area contributed by atoms with E-state index in [0.29, 0.717) is 11.6 Å². The Labute approximate surface area is 104 Å². The van der Waals surface area contributed by atoms with E-state index in [4.69, 9.17) is 10.5 Å². The van der Waals surface area contributed by atoms with Crippen LogP contribution in [0.3, 0.4) is 0 Å². The molecule has 1 spiro atoms. The molecule has 1 aliphatic heterocycles. The second-order valence-corrected chi connectivity index (χ2v) is 5.86. The van der Waals surface area contributed by atoms with E-state index < -0.39 is 0 Å². The molecule has 2 heterocycles. The van der Waals surface area contributed by atoms with Gasteiger partial charge in [-0.15, -0.1) is 11.3 Å². The second kappa shape index (κ2) is 3.98. The molecule has 0 unspecified atom stereocenters. The highest BCUT2D eigenvalue weighted by atomic mass is 32.1. The number of nitrogens with two attached hydrogens (primary N) is 1. The Kier molecular flexibility index (Phi) is 2.58. The maximum Gasteiger partial charge on any atom is 0.307 e. The number of rotatable bonds is 1. The largest absolute Gasteiger partial charge is 0.458 e. The average molecular weight is 252 g/mol. The van der Waals surface area contributed by atoms with Crippen LogP contribution >= 0.6 is 11.3 Å². The monoisotopic (exact) mass is 252 g/mol. The molecule has 17 heavy (non-hydrogen) atoms. The van der Waals surface area contributed by atoms with Crippen LogP contribution < -0.4 is 5.73 Å². The van der Waals surface area contributed by atoms with E-state index in [0.717, 1.165) is 31.4 Å². The van der Waals surface area contributed by atoms with Gasteiger partial charge in [0.25, 0.3) is 0 Å². The van der Waals surface area contributed by atoms with Gasteiger partial charge in [0, 0.05) is 5.38 Å². The van der Waals surface area contributed by atoms with Gasteiger partial charge >= 0.3 is 5.97 Å². The standard InChI is InChI=1S/C12H16N2O2S/c13-11-14-9(7-17-11)8-6-10(15)16-12(8)4-2-1-3-5-12/h7-8H,1-6H2,(H2,13,14)/t8-/m0/s1. The van der Waals surface area contributed by atoms with Crippen molar-refractivity contribution in [1.82, 2.24) is 4.98 Å². The van der Waals surface area contributed by atoms with Gasteiger partial charge in [-0.1, -0.05) is 6.42 Å². The Morgan fingerprint density at radius 1 is 1.41 bits per heavy atom. The predicted molar refractivity (Wildman–Crippen MR) is 65.8 cm³/mol. The minimum absolute atomic E-state index is 0.0801. The van der Waals surface area contributed by atoms with Crippen molar-refractivity contribution in [3.63, 3.8) is 0 Å². The van der Waals surface area contributed by atoms with Crippen molar-refractivity contribution in [2.45, 2.75) is 50.0 Å². The summed E-state index contributed by atoms with van der Waals surface area (Å²) in [5.41, 5.74) is 6.34. The number of carbonyl (C=O) groups is 1. The lowest BCUT2D eigenvalue weighted by molar-refractivity contribution is -0.151. The lowest BCUT2D eigenvalue weighted by Crippen LogP contribution is -2.36. The zero-order valence-electron chi connectivity index (χ0n) is 9.65. The van der Waals surface area contributed by atoms with Crippen molar-refractivity contribution < 1.29 is 9.53 Å². The Morgan fingerprint density at radius 3 is 2.82 bits per heavy atom. The van der Waals surface area contributed by atoms with Crippen LogP contribution in [0.4, 0.5) is 5.13 Å². The zero-order chi connectivity index (χ0) is 11.9. The summed E-state index contributed by atoms with van der Waals surface area (Å²) in [6, 6.07) is 0. The maximum absolute atomic E-state index is 11.6. The number of hydrogen-bond acceptors (Lipinski definition) is 5. The van der Waals surface area contributed by atoms with Gasteiger partial charge in [0.15, 0.2) is 5.13 Å². The summed E-state index contributed by atoms with van der Waals surface area (Å²) in [7, 11) is 0. The van der Waals surface area contributed by atoms with Crippen molar-refractivity contribution in [3.8, 4) is 0 Å². The molecular weight excluding hydrogens is 236 g/mol. The molecule has 2 N–H and O–H groups in total. The normalized spacial score (nSPS) is 27.3. The molecule has 1 aromatic rings. The summed E-state index contributed by atoms with van der Waals surface area (Å²) >= 11 is 1.44. The Hall–Kier alpha value is -1.10. The Balaban J connectivity index is 1.93. The van der Waals surface area contributed by atoms with E-state index in [9.17, 15) is 4.79 Å². The van der Waals surface area contributed by atoms with E-state index in [2.05, 4.69) is 4.98 Å². The zero-order valence-corrected chi connectivity index (χ0v) is 10.5. The molecule has 1 saturated carbocycles. The van der Waals surface area contributed by atoms with Gasteiger partial charge in [-0.3, -0.25) is 4.79 Å². The van der Waals surface area contributed by atoms with Crippen LogP contribution in [0.5, 0.6) is 0 Å². The Bertz CT molecular complexity index is 437. The third-order valence-corrected chi connectivity index (χ3v) is 4.61. The summed E-state index contributed by atoms with van der Waals surface area (Å²) < 4.78 is 5.65. The summed E-state index contributed by atoms with van der Waals surface area (Å²) in [4.78, 5) is 16.0. The number of esters is 1. The first-order chi connectivity index (χ1) is 8.20. The molecular formula is C12H16N2O2S. The van der Waals surface area contributed by atoms with E-state index in [1.54, 1.807) is 0 Å². The first kappa shape index (κ1) is 11.0. The molecule has 1 atom stereocenters. The van der Waals surface area contributed by atoms with Gasteiger partial charge in [-0.05, 0) is 25.7 Å². The van der Waals surface area contributed by atoms with Gasteiger partial charge < -0.3 is 10.5 Å². The number of thiazole rings is 1. The number of carbonyl (C=O) groups excluding carboxylic acids is 1. The molecule has 0 radical (unpaired) electrons. The van der Waals surface area contributed by atoms with Crippen LogP contribution in [0.2, 0.25) is 0 Å². The molecule has 2 aliphatic rings. The lowest BCUT2D eigenvalue weighted by atomic mass is 9.75. The van der Waals surface area contributed by atoms with Crippen molar-refractivity contribution in [1.29, 1.82) is 0 Å². The van der Waals surface area contributed by atoms with Crippen LogP contribution in [0.1, 0.15) is 50.1 Å². The predicted octanol–water partition coefficient (Wildman–Crippen LogP) is 2.46. The molecule has 0 bridgehead atoms. The van der Waals surface area contributed by atoms with Crippen LogP contribution in [-0.2, 0) is 9.53 Å². The number of nitrogens with zero attached hydrogens (tertiary/aromatic N) is 1. The van der Waals surface area contributed by atoms with Crippen LogP contribution in [0.15, 0.2) is 5.38 Å². The lowest BCUT2D eigenvalue weighted by Gasteiger charge is -2.36. The van der Waals surface area contributed by atoms with Crippen molar-refractivity contribution >= 4 is 22.4 Å². The first-order valence-corrected chi connectivity index (χ1v) is 7.00. The molecule has 5 heteroatoms. The molecule has 92 valence electrons. The Morgan fingerprint density at radius 2 is 2.18 bits per heavy atom. The number of anilines is 1. The van der Waals surface area contributed by atoms with Gasteiger partial charge in [0.05, 0.1) is 18.0 Å². The van der Waals surface area contributed by atoms with Gasteiger partial charge in [0.1, 0.15) is 5.60 Å². The summed E-state index contributed by atoms with van der Waals surface area (Å²) in [6.07, 6.45) is 5.93. The molecule has 0 aromatic carbocycles. The maximum atomic E-state index is 11.6. The third-order valence-electron chi connectivity index (χ3n) is 3.92. The SMILES string of the molecule is Nc1nc([C@@H]2CC(=O)OC23CCCCC3)cs1. The van der Waals surface area contributed by atoms with Gasteiger partial charge in [-0.25, -0.2) is 4.98 Å². The summed E-state index contributed by atoms with van der Waals surface area (Å²) in [5.74, 6) is 0.0346. The summed E-state index contributed by atoms with van der Waals surface area (Å²) in [6.45, 7) is 0. The van der Waals surface area contributed by atoms with E-state index in [1.807, 2.05) is 5.38 Å². The third kappa shape index (κ3) is 1.82. The fraction of sp³-hybridized carbons (Fsp3) is 0.667. The van der Waals surface area contributed by atoms with Crippen molar-refractivity contribution in [3.05, 3.63) is 11.1 Å². The number of hydrogen-bond donors (Lipinski definition) is 1. The number of aromatic nitrogens is 1. The van der Waals surface area contributed by atoms with Gasteiger partial charge in [0.2, 0.25) is 0 Å². The molecule has 3 rings (SSSR count). The molecule has 1 saturated heterocycles. The van der Waals surface area contributed by atoms with E-state index >= 15 is 0 Å². The second-order valence-electron chi connectivity index (χ2n) is 4.97. The number of nitrogen functional groups attached to an aromatic ring is 1. The van der Waals surface area contributed by atoms with Gasteiger partial charge in [-0.2, -0.15) is 0 Å². The van der Waals surface area contributed by atoms with Crippen molar-refractivity contribution in [2.24, 2.45) is 0 Å². The minimum Gasteiger partial charge on any atom is -0.458 e. The molecule has 1 aliphatic carbocycles. The smallest absolute Gasteiger partial charge is 0.307 e. The summed E-state index contributed by atoms with van der Waals surface area (Å²) in [5, 5.41) is 2.54. The number of ether oxygens (including phenoxy) is 1. The topological polar surface area (TPSA) is 65.2 Å². The minimum atomic E-state index is -0.282. The molecule has 0 amide bonds. The highest BCUT2D eigenvalue weighted by Crippen LogP contribution is 2.49. The van der Waals surface area contributed by atoms with Crippen molar-refractivity contribution in [2.75, 3.05) is 5.73 Å². The van der Waals surface area contributed by atoms with Crippen LogP contribution in [0.25, 0.3) is 0 Å². The molecule has 4 nitrogen and oxygen atoms in total. The fourth-order valence-corrected chi connectivity index (χ4v) is 3.74. The first-order valence-electron chi connectivity index (χ1n) is 6.12. The highest BCUT2D eigenvalue weighted by Gasteiger charge is 2.50.